The summed E-state index contributed by atoms with van der Waals surface area (Å²) >= 11 is 0. The third-order valence-electron chi connectivity index (χ3n) is 5.50. The van der Waals surface area contributed by atoms with Crippen molar-refractivity contribution in [1.29, 1.82) is 0 Å². The van der Waals surface area contributed by atoms with Gasteiger partial charge in [0.15, 0.2) is 0 Å². The Balaban J connectivity index is 1.75. The van der Waals surface area contributed by atoms with Crippen molar-refractivity contribution in [2.24, 2.45) is 0 Å². The van der Waals surface area contributed by atoms with Crippen LogP contribution in [0.15, 0.2) is 36.7 Å². The van der Waals surface area contributed by atoms with Gasteiger partial charge in [0.05, 0.1) is 0 Å². The monoisotopic (exact) mass is 373 g/mol. The quantitative estimate of drug-likeness (QED) is 0.842. The van der Waals surface area contributed by atoms with Crippen molar-refractivity contribution in [3.05, 3.63) is 53.9 Å². The molecule has 0 bridgehead atoms. The molecule has 1 aromatic heterocycles. The summed E-state index contributed by atoms with van der Waals surface area (Å²) in [5.74, 6) is 0.822. The Morgan fingerprint density at radius 1 is 1.33 bits per heavy atom. The molecule has 0 radical (unpaired) electrons. The maximum Gasteiger partial charge on any atom is 0.242 e. The Morgan fingerprint density at radius 2 is 2.07 bits per heavy atom. The number of amides is 1. The van der Waals surface area contributed by atoms with Crippen molar-refractivity contribution in [1.82, 2.24) is 14.9 Å². The second-order valence-electron chi connectivity index (χ2n) is 7.64. The summed E-state index contributed by atoms with van der Waals surface area (Å²) in [7, 11) is 0. The second kappa shape index (κ2) is 8.21. The molecule has 27 heavy (non-hydrogen) atoms. The van der Waals surface area contributed by atoms with E-state index in [4.69, 9.17) is 4.74 Å². The molecule has 1 unspecified atom stereocenters. The molecule has 3 rings (SSSR count). The molecule has 1 atom stereocenters. The van der Waals surface area contributed by atoms with Crippen LogP contribution in [0.4, 0.5) is 4.39 Å². The van der Waals surface area contributed by atoms with Gasteiger partial charge in [-0.15, -0.1) is 0 Å². The summed E-state index contributed by atoms with van der Waals surface area (Å²) in [6, 6.07) is 6.34. The third-order valence-corrected chi connectivity index (χ3v) is 5.50. The molecule has 1 saturated heterocycles. The van der Waals surface area contributed by atoms with Crippen LogP contribution in [0.3, 0.4) is 0 Å². The number of rotatable bonds is 6. The number of imidazole rings is 1. The van der Waals surface area contributed by atoms with Crippen LogP contribution in [0.5, 0.6) is 0 Å². The van der Waals surface area contributed by atoms with Crippen LogP contribution >= 0.6 is 0 Å². The minimum atomic E-state index is -0.352. The van der Waals surface area contributed by atoms with Gasteiger partial charge in [-0.1, -0.05) is 26.0 Å². The van der Waals surface area contributed by atoms with E-state index < -0.39 is 0 Å². The number of benzene rings is 1. The maximum atomic E-state index is 13.8. The normalized spacial score (nSPS) is 17.7. The summed E-state index contributed by atoms with van der Waals surface area (Å²) in [6.45, 7) is 7.69. The zero-order chi connectivity index (χ0) is 19.4. The number of carbonyl (C=O) groups is 1. The van der Waals surface area contributed by atoms with E-state index in [9.17, 15) is 9.18 Å². The number of hydrogen-bond donors (Lipinski definition) is 1. The third kappa shape index (κ3) is 4.21. The lowest BCUT2D eigenvalue weighted by atomic mass is 9.74. The van der Waals surface area contributed by atoms with Gasteiger partial charge in [-0.05, 0) is 37.5 Å². The first-order chi connectivity index (χ1) is 12.9. The van der Waals surface area contributed by atoms with Gasteiger partial charge in [0.1, 0.15) is 17.7 Å². The summed E-state index contributed by atoms with van der Waals surface area (Å²) < 4.78 is 21.2. The van der Waals surface area contributed by atoms with Gasteiger partial charge in [-0.2, -0.15) is 0 Å². The molecule has 146 valence electrons. The number of hydrogen-bond acceptors (Lipinski definition) is 3. The van der Waals surface area contributed by atoms with Gasteiger partial charge in [-0.3, -0.25) is 4.79 Å². The average Bonchev–Trinajstić information content (AvgIpc) is 3.16. The summed E-state index contributed by atoms with van der Waals surface area (Å²) in [5, 5.41) is 3.10. The molecule has 1 aliphatic rings. The molecule has 1 aromatic carbocycles. The van der Waals surface area contributed by atoms with E-state index in [1.165, 1.54) is 6.07 Å². The van der Waals surface area contributed by atoms with Gasteiger partial charge in [0, 0.05) is 43.5 Å². The van der Waals surface area contributed by atoms with Crippen LogP contribution in [0.1, 0.15) is 57.0 Å². The average molecular weight is 373 g/mol. The SMILES string of the molecule is CC(C)c1nccn1C(C)C(=O)NCC1(c2cccc(F)c2)CCOCC1. The van der Waals surface area contributed by atoms with Crippen molar-refractivity contribution in [2.45, 2.75) is 51.0 Å². The number of aromatic nitrogens is 2. The van der Waals surface area contributed by atoms with E-state index in [1.807, 2.05) is 23.8 Å². The van der Waals surface area contributed by atoms with Crippen LogP contribution in [0, 0.1) is 5.82 Å². The van der Waals surface area contributed by atoms with E-state index >= 15 is 0 Å². The molecule has 2 heterocycles. The molecular formula is C21H28FN3O2. The van der Waals surface area contributed by atoms with Gasteiger partial charge in [0.2, 0.25) is 5.91 Å². The molecule has 0 spiro atoms. The topological polar surface area (TPSA) is 56.2 Å². The fraction of sp³-hybridized carbons (Fsp3) is 0.524. The lowest BCUT2D eigenvalue weighted by molar-refractivity contribution is -0.124. The number of nitrogens with one attached hydrogen (secondary N) is 1. The predicted octanol–water partition coefficient (Wildman–Crippen LogP) is 3.57. The molecule has 0 saturated carbocycles. The lowest BCUT2D eigenvalue weighted by Crippen LogP contribution is -2.46. The fourth-order valence-corrected chi connectivity index (χ4v) is 3.78. The number of carbonyl (C=O) groups excluding carboxylic acids is 1. The first-order valence-electron chi connectivity index (χ1n) is 9.57. The van der Waals surface area contributed by atoms with Gasteiger partial charge < -0.3 is 14.6 Å². The van der Waals surface area contributed by atoms with E-state index in [0.717, 1.165) is 24.2 Å². The molecular weight excluding hydrogens is 345 g/mol. The number of nitrogens with zero attached hydrogens (tertiary/aromatic N) is 2. The van der Waals surface area contributed by atoms with Crippen LogP contribution in [0.25, 0.3) is 0 Å². The molecule has 2 aromatic rings. The van der Waals surface area contributed by atoms with E-state index in [1.54, 1.807) is 18.3 Å². The molecule has 1 aliphatic heterocycles. The molecule has 0 aliphatic carbocycles. The Labute approximate surface area is 159 Å². The standard InChI is InChI=1S/C21H28FN3O2/c1-15(2)19-23-9-10-25(19)16(3)20(26)24-14-21(7-11-27-12-8-21)17-5-4-6-18(22)13-17/h4-6,9-10,13,15-16H,7-8,11-12,14H2,1-3H3,(H,24,26). The molecule has 1 amide bonds. The summed E-state index contributed by atoms with van der Waals surface area (Å²) in [5.41, 5.74) is 0.621. The zero-order valence-corrected chi connectivity index (χ0v) is 16.2. The Kier molecular flexibility index (Phi) is 5.95. The lowest BCUT2D eigenvalue weighted by Gasteiger charge is -2.38. The van der Waals surface area contributed by atoms with Crippen LogP contribution < -0.4 is 5.32 Å². The van der Waals surface area contributed by atoms with Crippen molar-refractivity contribution >= 4 is 5.91 Å². The van der Waals surface area contributed by atoms with Gasteiger partial charge in [0.25, 0.3) is 0 Å². The van der Waals surface area contributed by atoms with Crippen molar-refractivity contribution < 1.29 is 13.9 Å². The van der Waals surface area contributed by atoms with Gasteiger partial charge >= 0.3 is 0 Å². The maximum absolute atomic E-state index is 13.8. The van der Waals surface area contributed by atoms with Crippen molar-refractivity contribution in [2.75, 3.05) is 19.8 Å². The zero-order valence-electron chi connectivity index (χ0n) is 16.2. The smallest absolute Gasteiger partial charge is 0.242 e. The van der Waals surface area contributed by atoms with Crippen molar-refractivity contribution in [3.63, 3.8) is 0 Å². The predicted molar refractivity (Wildman–Crippen MR) is 102 cm³/mol. The van der Waals surface area contributed by atoms with E-state index in [-0.39, 0.29) is 29.1 Å². The van der Waals surface area contributed by atoms with Crippen LogP contribution in [0.2, 0.25) is 0 Å². The second-order valence-corrected chi connectivity index (χ2v) is 7.64. The summed E-state index contributed by atoms with van der Waals surface area (Å²) in [4.78, 5) is 17.2. The largest absolute Gasteiger partial charge is 0.381 e. The Morgan fingerprint density at radius 3 is 2.74 bits per heavy atom. The fourth-order valence-electron chi connectivity index (χ4n) is 3.78. The highest BCUT2D eigenvalue weighted by atomic mass is 19.1. The van der Waals surface area contributed by atoms with Crippen LogP contribution in [-0.4, -0.2) is 35.2 Å². The molecule has 5 nitrogen and oxygen atoms in total. The molecule has 1 N–H and O–H groups in total. The van der Waals surface area contributed by atoms with Crippen molar-refractivity contribution in [3.8, 4) is 0 Å². The highest BCUT2D eigenvalue weighted by Gasteiger charge is 2.35. The Hall–Kier alpha value is -2.21. The van der Waals surface area contributed by atoms with E-state index in [2.05, 4.69) is 24.1 Å². The highest BCUT2D eigenvalue weighted by molar-refractivity contribution is 5.80. The van der Waals surface area contributed by atoms with E-state index in [0.29, 0.717) is 19.8 Å². The van der Waals surface area contributed by atoms with Crippen LogP contribution in [-0.2, 0) is 14.9 Å². The Bertz CT molecular complexity index is 781. The summed E-state index contributed by atoms with van der Waals surface area (Å²) in [6.07, 6.45) is 5.09. The molecule has 1 fully saturated rings. The first-order valence-corrected chi connectivity index (χ1v) is 9.57. The number of ether oxygens (including phenoxy) is 1. The van der Waals surface area contributed by atoms with Gasteiger partial charge in [-0.25, -0.2) is 9.37 Å². The minimum Gasteiger partial charge on any atom is -0.381 e. The molecule has 6 heteroatoms. The number of halogens is 1. The minimum absolute atomic E-state index is 0.0582. The first kappa shape index (κ1) is 19.5. The highest BCUT2D eigenvalue weighted by Crippen LogP contribution is 2.34.